The molecule has 1 fully saturated rings. The zero-order valence-electron chi connectivity index (χ0n) is 18.8. The lowest BCUT2D eigenvalue weighted by molar-refractivity contribution is -0.117. The average molecular weight is 474 g/mol. The van der Waals surface area contributed by atoms with E-state index in [9.17, 15) is 9.59 Å². The standard InChI is InChI=1S/C24H28ClN3O5/c1-16-14-28(18-6-4-17(5-7-18)24(30)31-2)9-8-27(16)15-23(29)26-20-13-22-21(12-19(20)25)32-10-3-11-33-22/h4-7,12-13,16H,3,8-11,14-15H2,1-2H3,(H,26,29). The van der Waals surface area contributed by atoms with Crippen LogP contribution in [0.1, 0.15) is 23.7 Å². The minimum absolute atomic E-state index is 0.130. The summed E-state index contributed by atoms with van der Waals surface area (Å²) in [7, 11) is 1.37. The fourth-order valence-electron chi connectivity index (χ4n) is 4.04. The van der Waals surface area contributed by atoms with Gasteiger partial charge in [-0.2, -0.15) is 0 Å². The van der Waals surface area contributed by atoms with E-state index in [0.29, 0.717) is 41.0 Å². The van der Waals surface area contributed by atoms with E-state index in [1.165, 1.54) is 7.11 Å². The number of hydrogen-bond acceptors (Lipinski definition) is 7. The molecule has 0 bridgehead atoms. The molecular weight excluding hydrogens is 446 g/mol. The first kappa shape index (κ1) is 23.2. The van der Waals surface area contributed by atoms with E-state index < -0.39 is 0 Å². The third-order valence-corrected chi connectivity index (χ3v) is 6.19. The normalized spacial score (nSPS) is 18.4. The molecule has 176 valence electrons. The Morgan fingerprint density at radius 1 is 1.12 bits per heavy atom. The quantitative estimate of drug-likeness (QED) is 0.666. The molecule has 8 nitrogen and oxygen atoms in total. The van der Waals surface area contributed by atoms with Crippen LogP contribution in [0, 0.1) is 0 Å². The van der Waals surface area contributed by atoms with E-state index in [-0.39, 0.29) is 24.5 Å². The number of carbonyl (C=O) groups excluding carboxylic acids is 2. The molecule has 1 N–H and O–H groups in total. The van der Waals surface area contributed by atoms with Crippen molar-refractivity contribution in [3.05, 3.63) is 47.0 Å². The van der Waals surface area contributed by atoms with E-state index >= 15 is 0 Å². The molecule has 4 rings (SSSR count). The molecule has 0 saturated carbocycles. The lowest BCUT2D eigenvalue weighted by atomic mass is 10.1. The maximum atomic E-state index is 12.8. The number of esters is 1. The van der Waals surface area contributed by atoms with Crippen molar-refractivity contribution >= 4 is 34.9 Å². The van der Waals surface area contributed by atoms with E-state index in [2.05, 4.69) is 22.0 Å². The second kappa shape index (κ2) is 10.3. The first-order chi connectivity index (χ1) is 15.9. The highest BCUT2D eigenvalue weighted by Gasteiger charge is 2.26. The number of ether oxygens (including phenoxy) is 3. The van der Waals surface area contributed by atoms with Crippen LogP contribution in [0.25, 0.3) is 0 Å². The summed E-state index contributed by atoms with van der Waals surface area (Å²) in [6.45, 7) is 5.80. The van der Waals surface area contributed by atoms with Crippen molar-refractivity contribution < 1.29 is 23.8 Å². The maximum absolute atomic E-state index is 12.8. The van der Waals surface area contributed by atoms with E-state index in [4.69, 9.17) is 25.8 Å². The number of piperazine rings is 1. The summed E-state index contributed by atoms with van der Waals surface area (Å²) in [6, 6.07) is 11.0. The molecule has 1 unspecified atom stereocenters. The Morgan fingerprint density at radius 3 is 2.48 bits per heavy atom. The molecule has 9 heteroatoms. The predicted molar refractivity (Wildman–Crippen MR) is 127 cm³/mol. The number of fused-ring (bicyclic) bond motifs is 1. The van der Waals surface area contributed by atoms with Gasteiger partial charge in [-0.05, 0) is 31.2 Å². The van der Waals surface area contributed by atoms with Crippen LogP contribution in [-0.2, 0) is 9.53 Å². The molecule has 2 aromatic rings. The second-order valence-electron chi connectivity index (χ2n) is 8.18. The number of halogens is 1. The smallest absolute Gasteiger partial charge is 0.337 e. The van der Waals surface area contributed by atoms with Crippen LogP contribution in [0.4, 0.5) is 11.4 Å². The molecule has 1 amide bonds. The van der Waals surface area contributed by atoms with Crippen molar-refractivity contribution in [2.45, 2.75) is 19.4 Å². The van der Waals surface area contributed by atoms with Crippen LogP contribution in [0.15, 0.2) is 36.4 Å². The van der Waals surface area contributed by atoms with E-state index in [0.717, 1.165) is 31.7 Å². The molecule has 0 aliphatic carbocycles. The monoisotopic (exact) mass is 473 g/mol. The van der Waals surface area contributed by atoms with E-state index in [1.807, 2.05) is 12.1 Å². The summed E-state index contributed by atoms with van der Waals surface area (Å²) < 4.78 is 16.1. The highest BCUT2D eigenvalue weighted by molar-refractivity contribution is 6.34. The van der Waals surface area contributed by atoms with Gasteiger partial charge in [-0.1, -0.05) is 11.6 Å². The van der Waals surface area contributed by atoms with Gasteiger partial charge in [0.1, 0.15) is 0 Å². The van der Waals surface area contributed by atoms with Gasteiger partial charge in [0.15, 0.2) is 11.5 Å². The topological polar surface area (TPSA) is 80.3 Å². The third-order valence-electron chi connectivity index (χ3n) is 5.88. The highest BCUT2D eigenvalue weighted by Crippen LogP contribution is 2.37. The van der Waals surface area contributed by atoms with Crippen LogP contribution in [0.2, 0.25) is 5.02 Å². The summed E-state index contributed by atoms with van der Waals surface area (Å²) in [4.78, 5) is 28.8. The van der Waals surface area contributed by atoms with Gasteiger partial charge in [0.2, 0.25) is 5.91 Å². The number of rotatable bonds is 5. The van der Waals surface area contributed by atoms with Gasteiger partial charge in [-0.3, -0.25) is 9.69 Å². The molecule has 0 radical (unpaired) electrons. The number of amides is 1. The van der Waals surface area contributed by atoms with Gasteiger partial charge in [0, 0.05) is 49.9 Å². The van der Waals surface area contributed by atoms with Gasteiger partial charge in [-0.25, -0.2) is 4.79 Å². The lowest BCUT2D eigenvalue weighted by Crippen LogP contribution is -2.53. The number of nitrogens with zero attached hydrogens (tertiary/aromatic N) is 2. The predicted octanol–water partition coefficient (Wildman–Crippen LogP) is 3.44. The number of nitrogens with one attached hydrogen (secondary N) is 1. The molecule has 2 aliphatic heterocycles. The Balaban J connectivity index is 1.34. The number of carbonyl (C=O) groups is 2. The zero-order chi connectivity index (χ0) is 23.4. The van der Waals surface area contributed by atoms with Gasteiger partial charge in [-0.15, -0.1) is 0 Å². The van der Waals surface area contributed by atoms with Crippen LogP contribution in [-0.4, -0.2) is 69.3 Å². The molecule has 1 atom stereocenters. The van der Waals surface area contributed by atoms with Crippen LogP contribution in [0.5, 0.6) is 11.5 Å². The van der Waals surface area contributed by atoms with Gasteiger partial charge in [0.05, 0.1) is 43.1 Å². The molecule has 0 aromatic heterocycles. The molecule has 2 aromatic carbocycles. The largest absolute Gasteiger partial charge is 0.490 e. The van der Waals surface area contributed by atoms with Crippen molar-refractivity contribution in [2.24, 2.45) is 0 Å². The Bertz CT molecular complexity index is 1010. The highest BCUT2D eigenvalue weighted by atomic mass is 35.5. The molecule has 2 aliphatic rings. The number of benzene rings is 2. The first-order valence-corrected chi connectivity index (χ1v) is 11.4. The summed E-state index contributed by atoms with van der Waals surface area (Å²) in [6.07, 6.45) is 0.799. The Kier molecular flexibility index (Phi) is 7.25. The summed E-state index contributed by atoms with van der Waals surface area (Å²) in [5.41, 5.74) is 2.08. The fraction of sp³-hybridized carbons (Fsp3) is 0.417. The van der Waals surface area contributed by atoms with Crippen molar-refractivity contribution in [1.82, 2.24) is 4.90 Å². The Hall–Kier alpha value is -2.97. The minimum Gasteiger partial charge on any atom is -0.490 e. The first-order valence-electron chi connectivity index (χ1n) is 11.0. The molecule has 2 heterocycles. The average Bonchev–Trinajstić information content (AvgIpc) is 3.05. The van der Waals surface area contributed by atoms with Crippen LogP contribution < -0.4 is 19.7 Å². The molecule has 0 spiro atoms. The van der Waals surface area contributed by atoms with Crippen molar-refractivity contribution in [3.8, 4) is 11.5 Å². The number of anilines is 2. The van der Waals surface area contributed by atoms with Gasteiger partial charge < -0.3 is 24.4 Å². The lowest BCUT2D eigenvalue weighted by Gasteiger charge is -2.40. The maximum Gasteiger partial charge on any atom is 0.337 e. The number of hydrogen-bond donors (Lipinski definition) is 1. The number of methoxy groups -OCH3 is 1. The summed E-state index contributed by atoms with van der Waals surface area (Å²) in [5, 5.41) is 3.33. The van der Waals surface area contributed by atoms with Gasteiger partial charge >= 0.3 is 5.97 Å². The van der Waals surface area contributed by atoms with Crippen LogP contribution in [0.3, 0.4) is 0 Å². The SMILES string of the molecule is COC(=O)c1ccc(N2CCN(CC(=O)Nc3cc4c(cc3Cl)OCCCO4)C(C)C2)cc1. The van der Waals surface area contributed by atoms with Crippen molar-refractivity contribution in [3.63, 3.8) is 0 Å². The Morgan fingerprint density at radius 2 is 1.82 bits per heavy atom. The molecule has 1 saturated heterocycles. The molecule has 33 heavy (non-hydrogen) atoms. The van der Waals surface area contributed by atoms with Crippen molar-refractivity contribution in [2.75, 3.05) is 56.7 Å². The Labute approximate surface area is 198 Å². The second-order valence-corrected chi connectivity index (χ2v) is 8.59. The zero-order valence-corrected chi connectivity index (χ0v) is 19.6. The van der Waals surface area contributed by atoms with Crippen molar-refractivity contribution in [1.29, 1.82) is 0 Å². The summed E-state index contributed by atoms with van der Waals surface area (Å²) >= 11 is 6.36. The van der Waals surface area contributed by atoms with Crippen LogP contribution >= 0.6 is 11.6 Å². The summed E-state index contributed by atoms with van der Waals surface area (Å²) in [5.74, 6) is 0.709. The van der Waals surface area contributed by atoms with E-state index in [1.54, 1.807) is 24.3 Å². The fourth-order valence-corrected chi connectivity index (χ4v) is 4.25. The third kappa shape index (κ3) is 5.51. The van der Waals surface area contributed by atoms with Gasteiger partial charge in [0.25, 0.3) is 0 Å². The minimum atomic E-state index is -0.348. The molecular formula is C24H28ClN3O5.